The lowest BCUT2D eigenvalue weighted by atomic mass is 10.2. The van der Waals surface area contributed by atoms with Crippen molar-refractivity contribution >= 4 is 5.82 Å². The fourth-order valence-electron chi connectivity index (χ4n) is 2.18. The molecule has 2 heterocycles. The molecule has 0 saturated carbocycles. The minimum atomic E-state index is -0.759. The van der Waals surface area contributed by atoms with Gasteiger partial charge >= 0.3 is 0 Å². The molecule has 1 unspecified atom stereocenters. The number of hydrogen-bond acceptors (Lipinski definition) is 7. The van der Waals surface area contributed by atoms with Crippen molar-refractivity contribution in [2.24, 2.45) is 10.3 Å². The zero-order valence-electron chi connectivity index (χ0n) is 12.6. The highest BCUT2D eigenvalue weighted by atomic mass is 16.5. The lowest BCUT2D eigenvalue weighted by molar-refractivity contribution is -0.0483. The maximum absolute atomic E-state index is 9.75. The Hall–Kier alpha value is -2.02. The average molecular weight is 308 g/mol. The number of ether oxygens (including phenoxy) is 1. The third-order valence-corrected chi connectivity index (χ3v) is 3.51. The van der Waals surface area contributed by atoms with Gasteiger partial charge in [-0.15, -0.1) is 10.2 Å². The number of aliphatic hydroxyl groups is 2. The van der Waals surface area contributed by atoms with Crippen LogP contribution in [0.1, 0.15) is 32.1 Å². The number of aromatic nitrogens is 2. The monoisotopic (exact) mass is 308 g/mol. The lowest BCUT2D eigenvalue weighted by Crippen LogP contribution is -2.24. The summed E-state index contributed by atoms with van der Waals surface area (Å²) in [4.78, 5) is 0. The molecule has 3 atom stereocenters. The van der Waals surface area contributed by atoms with E-state index >= 15 is 0 Å². The maximum atomic E-state index is 9.75. The van der Waals surface area contributed by atoms with Crippen molar-refractivity contribution in [3.05, 3.63) is 11.8 Å². The number of hydrogen-bond donors (Lipinski definition) is 2. The zero-order chi connectivity index (χ0) is 16.1. The van der Waals surface area contributed by atoms with Crippen LogP contribution in [-0.2, 0) is 4.74 Å². The van der Waals surface area contributed by atoms with Gasteiger partial charge in [0.15, 0.2) is 6.23 Å². The topological polar surface area (TPSA) is 119 Å². The normalized spacial score (nSPS) is 24.8. The van der Waals surface area contributed by atoms with E-state index in [1.807, 2.05) is 19.9 Å². The molecule has 1 saturated heterocycles. The SMILES string of the molecule is CCN(CC)N=Nc1nn(C2C[C@H](O)[C@@H](CO)O2)cc1C#N. The second-order valence-corrected chi connectivity index (χ2v) is 4.90. The first-order valence-corrected chi connectivity index (χ1v) is 7.23. The Morgan fingerprint density at radius 1 is 1.55 bits per heavy atom. The highest BCUT2D eigenvalue weighted by molar-refractivity contribution is 5.45. The van der Waals surface area contributed by atoms with E-state index in [4.69, 9.17) is 15.1 Å². The minimum Gasteiger partial charge on any atom is -0.394 e. The van der Waals surface area contributed by atoms with Crippen LogP contribution in [0.15, 0.2) is 16.5 Å². The summed E-state index contributed by atoms with van der Waals surface area (Å²) in [5.74, 6) is 0.208. The largest absolute Gasteiger partial charge is 0.394 e. The van der Waals surface area contributed by atoms with Gasteiger partial charge < -0.3 is 14.9 Å². The quantitative estimate of drug-likeness (QED) is 0.591. The Morgan fingerprint density at radius 3 is 2.82 bits per heavy atom. The Bertz CT molecular complexity index is 563. The Kier molecular flexibility index (Phi) is 5.43. The predicted octanol–water partition coefficient (Wildman–Crippen LogP) is 0.736. The molecule has 0 bridgehead atoms. The van der Waals surface area contributed by atoms with Gasteiger partial charge in [-0.1, -0.05) is 5.22 Å². The molecule has 2 N–H and O–H groups in total. The molecule has 1 aliphatic rings. The van der Waals surface area contributed by atoms with Crippen LogP contribution < -0.4 is 0 Å². The predicted molar refractivity (Wildman–Crippen MR) is 76.0 cm³/mol. The lowest BCUT2D eigenvalue weighted by Gasteiger charge is -2.12. The molecule has 0 spiro atoms. The summed E-state index contributed by atoms with van der Waals surface area (Å²) < 4.78 is 6.94. The van der Waals surface area contributed by atoms with Crippen molar-refractivity contribution in [3.63, 3.8) is 0 Å². The molecule has 9 nitrogen and oxygen atoms in total. The summed E-state index contributed by atoms with van der Waals surface area (Å²) in [6, 6.07) is 2.01. The summed E-state index contributed by atoms with van der Waals surface area (Å²) >= 11 is 0. The number of aliphatic hydroxyl groups excluding tert-OH is 2. The molecule has 1 fully saturated rings. The van der Waals surface area contributed by atoms with E-state index in [0.717, 1.165) is 0 Å². The summed E-state index contributed by atoms with van der Waals surface area (Å²) in [5.41, 5.74) is 0.279. The number of rotatable bonds is 6. The van der Waals surface area contributed by atoms with Gasteiger partial charge in [0.2, 0.25) is 5.82 Å². The van der Waals surface area contributed by atoms with Crippen LogP contribution in [0.25, 0.3) is 0 Å². The molecular weight excluding hydrogens is 288 g/mol. The molecule has 9 heteroatoms. The summed E-state index contributed by atoms with van der Waals surface area (Å²) in [7, 11) is 0. The fourth-order valence-corrected chi connectivity index (χ4v) is 2.18. The second-order valence-electron chi connectivity index (χ2n) is 4.90. The van der Waals surface area contributed by atoms with Crippen LogP contribution in [-0.4, -0.2) is 56.9 Å². The van der Waals surface area contributed by atoms with E-state index in [-0.39, 0.29) is 18.0 Å². The van der Waals surface area contributed by atoms with Gasteiger partial charge in [-0.25, -0.2) is 4.68 Å². The molecular formula is C13H20N6O3. The van der Waals surface area contributed by atoms with E-state index in [1.54, 1.807) is 5.01 Å². The molecule has 1 aliphatic heterocycles. The Balaban J connectivity index is 2.17. The van der Waals surface area contributed by atoms with Crippen molar-refractivity contribution in [1.82, 2.24) is 14.8 Å². The molecule has 1 aromatic rings. The minimum absolute atomic E-state index is 0.208. The second kappa shape index (κ2) is 7.31. The first-order chi connectivity index (χ1) is 10.6. The molecule has 0 radical (unpaired) electrons. The molecule has 0 aliphatic carbocycles. The zero-order valence-corrected chi connectivity index (χ0v) is 12.6. The van der Waals surface area contributed by atoms with Gasteiger partial charge in [-0.05, 0) is 13.8 Å². The smallest absolute Gasteiger partial charge is 0.215 e. The molecule has 120 valence electrons. The van der Waals surface area contributed by atoms with Crippen molar-refractivity contribution < 1.29 is 14.9 Å². The van der Waals surface area contributed by atoms with Crippen LogP contribution in [0.3, 0.4) is 0 Å². The van der Waals surface area contributed by atoms with Crippen molar-refractivity contribution in [1.29, 1.82) is 5.26 Å². The molecule has 1 aromatic heterocycles. The van der Waals surface area contributed by atoms with Gasteiger partial charge in [-0.3, -0.25) is 5.01 Å². The third kappa shape index (κ3) is 3.41. The summed E-state index contributed by atoms with van der Waals surface area (Å²) in [5, 5.41) is 42.0. The van der Waals surface area contributed by atoms with Crippen molar-refractivity contribution in [2.45, 2.75) is 38.7 Å². The summed E-state index contributed by atoms with van der Waals surface area (Å²) in [6.07, 6.45) is -0.124. The average Bonchev–Trinajstić information content (AvgIpc) is 3.11. The highest BCUT2D eigenvalue weighted by Gasteiger charge is 2.35. The van der Waals surface area contributed by atoms with Crippen LogP contribution in [0.2, 0.25) is 0 Å². The van der Waals surface area contributed by atoms with Gasteiger partial charge in [0.25, 0.3) is 0 Å². The molecule has 22 heavy (non-hydrogen) atoms. The van der Waals surface area contributed by atoms with E-state index in [9.17, 15) is 5.11 Å². The van der Waals surface area contributed by atoms with Crippen LogP contribution in [0.4, 0.5) is 5.82 Å². The highest BCUT2D eigenvalue weighted by Crippen LogP contribution is 2.30. The maximum Gasteiger partial charge on any atom is 0.215 e. The number of nitriles is 1. The van der Waals surface area contributed by atoms with Gasteiger partial charge in [-0.2, -0.15) is 5.26 Å². The van der Waals surface area contributed by atoms with Gasteiger partial charge in [0, 0.05) is 25.7 Å². The first-order valence-electron chi connectivity index (χ1n) is 7.23. The van der Waals surface area contributed by atoms with Crippen LogP contribution in [0, 0.1) is 11.3 Å². The molecule has 0 aromatic carbocycles. The van der Waals surface area contributed by atoms with E-state index in [0.29, 0.717) is 19.5 Å². The summed E-state index contributed by atoms with van der Waals surface area (Å²) in [6.45, 7) is 5.06. The first kappa shape index (κ1) is 16.4. The van der Waals surface area contributed by atoms with Crippen LogP contribution >= 0.6 is 0 Å². The van der Waals surface area contributed by atoms with E-state index < -0.39 is 18.4 Å². The van der Waals surface area contributed by atoms with E-state index in [2.05, 4.69) is 15.4 Å². The van der Waals surface area contributed by atoms with Gasteiger partial charge in [0.05, 0.1) is 12.7 Å². The van der Waals surface area contributed by atoms with Crippen molar-refractivity contribution in [2.75, 3.05) is 19.7 Å². The molecule has 0 amide bonds. The Labute approximate surface area is 128 Å². The third-order valence-electron chi connectivity index (χ3n) is 3.51. The fraction of sp³-hybridized carbons (Fsp3) is 0.692. The molecule has 2 rings (SSSR count). The number of nitrogens with zero attached hydrogens (tertiary/aromatic N) is 6. The van der Waals surface area contributed by atoms with Gasteiger partial charge in [0.1, 0.15) is 17.7 Å². The van der Waals surface area contributed by atoms with E-state index in [1.165, 1.54) is 10.9 Å². The standard InChI is InChI=1S/C13H20N6O3/c1-3-18(4-2)17-15-13-9(6-14)7-19(16-13)12-5-10(21)11(8-20)22-12/h7,10-12,20-21H,3-5,8H2,1-2H3/t10-,11+,12?/m0/s1. The van der Waals surface area contributed by atoms with Crippen molar-refractivity contribution in [3.8, 4) is 6.07 Å². The Morgan fingerprint density at radius 2 is 2.27 bits per heavy atom. The van der Waals surface area contributed by atoms with Crippen LogP contribution in [0.5, 0.6) is 0 Å².